The molecule has 0 aromatic carbocycles. The van der Waals surface area contributed by atoms with Crippen LogP contribution in [0, 0.1) is 0 Å². The number of carbonyl (C=O) groups is 1. The lowest BCUT2D eigenvalue weighted by Crippen LogP contribution is -2.15. The zero-order valence-corrected chi connectivity index (χ0v) is 11.5. The maximum absolute atomic E-state index is 13.2. The molecule has 5 nitrogen and oxygen atoms in total. The number of nitrogens with zero attached hydrogens (tertiary/aromatic N) is 3. The number of hydrogen-bond donors (Lipinski definition) is 1. The Kier molecular flexibility index (Phi) is 4.16. The third-order valence-corrected chi connectivity index (χ3v) is 3.54. The van der Waals surface area contributed by atoms with Crippen LogP contribution < -0.4 is 5.32 Å². The normalized spacial score (nSPS) is 16.8. The van der Waals surface area contributed by atoms with Crippen LogP contribution in [-0.4, -0.2) is 26.6 Å². The van der Waals surface area contributed by atoms with E-state index in [4.69, 9.17) is 0 Å². The van der Waals surface area contributed by atoms with Crippen LogP contribution in [0.5, 0.6) is 0 Å². The minimum Gasteiger partial charge on any atom is -0.331 e. The highest BCUT2D eigenvalue weighted by atomic mass is 35.5. The third-order valence-electron chi connectivity index (χ3n) is 2.85. The summed E-state index contributed by atoms with van der Waals surface area (Å²) in [7, 11) is 0. The molecule has 2 aromatic heterocycles. The number of alkyl halides is 1. The van der Waals surface area contributed by atoms with Gasteiger partial charge >= 0.3 is 0 Å². The van der Waals surface area contributed by atoms with Gasteiger partial charge in [-0.15, -0.1) is 23.7 Å². The summed E-state index contributed by atoms with van der Waals surface area (Å²) in [5.41, 5.74) is 1.49. The molecule has 0 radical (unpaired) electrons. The molecule has 0 saturated carbocycles. The molecular formula is C11H12ClFN4OS. The molecule has 3 rings (SSSR count). The molecule has 1 N–H and O–H groups in total. The Labute approximate surface area is 119 Å². The number of carbonyl (C=O) groups excluding carboxylic acids is 1. The fraction of sp³-hybridized carbons (Fsp3) is 0.364. The van der Waals surface area contributed by atoms with Gasteiger partial charge in [-0.3, -0.25) is 4.79 Å². The maximum Gasteiger partial charge on any atom is 0.232 e. The number of halogens is 2. The van der Waals surface area contributed by atoms with Crippen LogP contribution in [0.2, 0.25) is 0 Å². The Morgan fingerprint density at radius 2 is 2.42 bits per heavy atom. The van der Waals surface area contributed by atoms with Crippen LogP contribution in [0.25, 0.3) is 0 Å². The molecule has 8 heteroatoms. The van der Waals surface area contributed by atoms with Gasteiger partial charge in [0.25, 0.3) is 0 Å². The highest BCUT2D eigenvalue weighted by molar-refractivity contribution is 7.13. The van der Waals surface area contributed by atoms with Crippen molar-refractivity contribution in [1.29, 1.82) is 0 Å². The first kappa shape index (κ1) is 14.0. The molecule has 1 aliphatic heterocycles. The molecule has 3 heterocycles. The predicted molar refractivity (Wildman–Crippen MR) is 72.5 cm³/mol. The highest BCUT2D eigenvalue weighted by Crippen LogP contribution is 2.21. The average Bonchev–Trinajstić information content (AvgIpc) is 2.98. The van der Waals surface area contributed by atoms with Gasteiger partial charge in [-0.25, -0.2) is 14.4 Å². The highest BCUT2D eigenvalue weighted by Gasteiger charge is 2.25. The molecule has 0 spiro atoms. The van der Waals surface area contributed by atoms with Gasteiger partial charge in [0.2, 0.25) is 5.91 Å². The van der Waals surface area contributed by atoms with Gasteiger partial charge < -0.3 is 9.88 Å². The van der Waals surface area contributed by atoms with Crippen LogP contribution in [0.3, 0.4) is 0 Å². The van der Waals surface area contributed by atoms with Crippen molar-refractivity contribution < 1.29 is 9.18 Å². The second-order valence-electron chi connectivity index (χ2n) is 4.15. The van der Waals surface area contributed by atoms with E-state index >= 15 is 0 Å². The van der Waals surface area contributed by atoms with Gasteiger partial charge in [-0.1, -0.05) is 0 Å². The largest absolute Gasteiger partial charge is 0.331 e. The quantitative estimate of drug-likeness (QED) is 0.941. The maximum atomic E-state index is 13.2. The summed E-state index contributed by atoms with van der Waals surface area (Å²) in [6.45, 7) is 0.344. The molecule has 1 atom stereocenters. The SMILES string of the molecule is Cl.O=C(Cc1ncn2c1C[C@@H](F)C2)Nc1nccs1. The van der Waals surface area contributed by atoms with E-state index < -0.39 is 6.17 Å². The minimum absolute atomic E-state index is 0. The Bertz CT molecular complexity index is 571. The standard InChI is InChI=1S/C11H11FN4OS.ClH/c12-7-3-9-8(14-6-16(9)5-7)4-10(17)15-11-13-1-2-18-11;/h1-2,6-7H,3-5H2,(H,13,15,17);1H/t7-;/m1./s1. The van der Waals surface area contributed by atoms with Crippen molar-refractivity contribution in [1.82, 2.24) is 14.5 Å². The lowest BCUT2D eigenvalue weighted by Gasteiger charge is -2.01. The molecule has 1 amide bonds. The Morgan fingerprint density at radius 1 is 1.58 bits per heavy atom. The van der Waals surface area contributed by atoms with Crippen LogP contribution >= 0.6 is 23.7 Å². The lowest BCUT2D eigenvalue weighted by molar-refractivity contribution is -0.115. The number of fused-ring (bicyclic) bond motifs is 1. The Morgan fingerprint density at radius 3 is 3.16 bits per heavy atom. The molecule has 0 saturated heterocycles. The van der Waals surface area contributed by atoms with Crippen LogP contribution in [0.4, 0.5) is 9.52 Å². The molecular weight excluding hydrogens is 291 g/mol. The van der Waals surface area contributed by atoms with Crippen molar-refractivity contribution in [3.05, 3.63) is 29.3 Å². The van der Waals surface area contributed by atoms with Crippen LogP contribution in [0.15, 0.2) is 17.9 Å². The van der Waals surface area contributed by atoms with Gasteiger partial charge in [0.1, 0.15) is 6.17 Å². The molecule has 19 heavy (non-hydrogen) atoms. The average molecular weight is 303 g/mol. The van der Waals surface area contributed by atoms with Gasteiger partial charge in [0, 0.05) is 23.7 Å². The fourth-order valence-corrected chi connectivity index (χ4v) is 2.62. The van der Waals surface area contributed by atoms with Gasteiger partial charge in [-0.05, 0) is 0 Å². The first-order valence-electron chi connectivity index (χ1n) is 5.58. The summed E-state index contributed by atoms with van der Waals surface area (Å²) in [4.78, 5) is 19.9. The number of amides is 1. The van der Waals surface area contributed by atoms with E-state index in [1.165, 1.54) is 11.3 Å². The minimum atomic E-state index is -0.858. The lowest BCUT2D eigenvalue weighted by atomic mass is 10.2. The first-order chi connectivity index (χ1) is 8.72. The van der Waals surface area contributed by atoms with E-state index in [1.54, 1.807) is 22.5 Å². The summed E-state index contributed by atoms with van der Waals surface area (Å²) >= 11 is 1.36. The van der Waals surface area contributed by atoms with Crippen LogP contribution in [0.1, 0.15) is 11.4 Å². The second-order valence-corrected chi connectivity index (χ2v) is 5.05. The molecule has 0 unspecified atom stereocenters. The molecule has 2 aromatic rings. The number of nitrogens with one attached hydrogen (secondary N) is 1. The first-order valence-corrected chi connectivity index (χ1v) is 6.46. The number of aromatic nitrogens is 3. The Hall–Kier alpha value is -1.47. The number of imidazole rings is 1. The predicted octanol–water partition coefficient (Wildman–Crippen LogP) is 1.84. The smallest absolute Gasteiger partial charge is 0.232 e. The summed E-state index contributed by atoms with van der Waals surface area (Å²) in [6, 6.07) is 0. The van der Waals surface area contributed by atoms with Crippen molar-refractivity contribution in [3.63, 3.8) is 0 Å². The van der Waals surface area contributed by atoms with E-state index in [0.29, 0.717) is 23.8 Å². The van der Waals surface area contributed by atoms with E-state index in [9.17, 15) is 9.18 Å². The van der Waals surface area contributed by atoms with Crippen molar-refractivity contribution in [2.75, 3.05) is 5.32 Å². The zero-order valence-electron chi connectivity index (χ0n) is 9.88. The Balaban J connectivity index is 0.00000133. The summed E-state index contributed by atoms with van der Waals surface area (Å²) in [5.74, 6) is -0.172. The molecule has 102 valence electrons. The topological polar surface area (TPSA) is 59.8 Å². The third kappa shape index (κ3) is 2.93. The van der Waals surface area contributed by atoms with Crippen molar-refractivity contribution >= 4 is 34.8 Å². The number of anilines is 1. The molecule has 0 bridgehead atoms. The van der Waals surface area contributed by atoms with Gasteiger partial charge in [0.05, 0.1) is 25.0 Å². The van der Waals surface area contributed by atoms with E-state index in [1.807, 2.05) is 0 Å². The second kappa shape index (κ2) is 5.66. The van der Waals surface area contributed by atoms with E-state index in [2.05, 4.69) is 15.3 Å². The summed E-state index contributed by atoms with van der Waals surface area (Å²) < 4.78 is 15.0. The number of hydrogen-bond acceptors (Lipinski definition) is 4. The van der Waals surface area contributed by atoms with E-state index in [-0.39, 0.29) is 24.7 Å². The van der Waals surface area contributed by atoms with E-state index in [0.717, 1.165) is 5.69 Å². The molecule has 0 aliphatic carbocycles. The number of thiazole rings is 1. The van der Waals surface area contributed by atoms with Crippen molar-refractivity contribution in [3.8, 4) is 0 Å². The summed E-state index contributed by atoms with van der Waals surface area (Å²) in [5, 5.41) is 5.05. The monoisotopic (exact) mass is 302 g/mol. The molecule has 1 aliphatic rings. The fourth-order valence-electron chi connectivity index (χ4n) is 2.08. The molecule has 0 fully saturated rings. The van der Waals surface area contributed by atoms with Crippen molar-refractivity contribution in [2.24, 2.45) is 0 Å². The van der Waals surface area contributed by atoms with Gasteiger partial charge in [0.15, 0.2) is 5.13 Å². The zero-order chi connectivity index (χ0) is 12.5. The summed E-state index contributed by atoms with van der Waals surface area (Å²) in [6.07, 6.45) is 2.88. The number of rotatable bonds is 3. The van der Waals surface area contributed by atoms with Crippen molar-refractivity contribution in [2.45, 2.75) is 25.6 Å². The van der Waals surface area contributed by atoms with Crippen LogP contribution in [-0.2, 0) is 24.2 Å². The van der Waals surface area contributed by atoms with Gasteiger partial charge in [-0.2, -0.15) is 0 Å².